The number of sulfonamides is 1. The SMILES string of the molecule is CCOC(=O)C1Cc2cc(C(=O)CN(C(=O)OCC)S(=O)(=O)c3ccc(Cl)cc3)ccc2S1. The maximum Gasteiger partial charge on any atom is 0.424 e. The summed E-state index contributed by atoms with van der Waals surface area (Å²) >= 11 is 7.18. The van der Waals surface area contributed by atoms with E-state index in [9.17, 15) is 22.8 Å². The number of halogens is 1. The van der Waals surface area contributed by atoms with Gasteiger partial charge in [-0.05, 0) is 62.2 Å². The zero-order chi connectivity index (χ0) is 24.2. The van der Waals surface area contributed by atoms with Gasteiger partial charge >= 0.3 is 12.1 Å². The second-order valence-electron chi connectivity index (χ2n) is 6.97. The van der Waals surface area contributed by atoms with Crippen LogP contribution in [-0.2, 0) is 30.7 Å². The third kappa shape index (κ3) is 5.69. The maximum atomic E-state index is 13.1. The molecule has 2 aromatic carbocycles. The van der Waals surface area contributed by atoms with E-state index in [4.69, 9.17) is 21.1 Å². The van der Waals surface area contributed by atoms with Crippen LogP contribution in [-0.4, -0.2) is 55.6 Å². The third-order valence-corrected chi connectivity index (χ3v) is 8.04. The van der Waals surface area contributed by atoms with Crippen molar-refractivity contribution in [3.05, 3.63) is 58.6 Å². The van der Waals surface area contributed by atoms with Gasteiger partial charge in [0.05, 0.1) is 18.1 Å². The highest BCUT2D eigenvalue weighted by atomic mass is 35.5. The molecule has 0 saturated carbocycles. The Morgan fingerprint density at radius 1 is 1.06 bits per heavy atom. The van der Waals surface area contributed by atoms with Crippen LogP contribution < -0.4 is 0 Å². The molecular weight excluding hydrogens is 490 g/mol. The average molecular weight is 512 g/mol. The summed E-state index contributed by atoms with van der Waals surface area (Å²) in [6, 6.07) is 10.1. The van der Waals surface area contributed by atoms with Crippen LogP contribution >= 0.6 is 23.4 Å². The van der Waals surface area contributed by atoms with Crippen molar-refractivity contribution in [2.45, 2.75) is 35.3 Å². The molecule has 33 heavy (non-hydrogen) atoms. The number of ketones is 1. The minimum atomic E-state index is -4.37. The topological polar surface area (TPSA) is 107 Å². The molecular formula is C22H22ClNO7S2. The van der Waals surface area contributed by atoms with E-state index < -0.39 is 33.7 Å². The van der Waals surface area contributed by atoms with Crippen molar-refractivity contribution in [3.63, 3.8) is 0 Å². The van der Waals surface area contributed by atoms with Crippen molar-refractivity contribution >= 4 is 51.2 Å². The quantitative estimate of drug-likeness (QED) is 0.387. The molecule has 3 rings (SSSR count). The van der Waals surface area contributed by atoms with Crippen LogP contribution in [0.5, 0.6) is 0 Å². The summed E-state index contributed by atoms with van der Waals surface area (Å²) < 4.78 is 36.5. The first-order valence-electron chi connectivity index (χ1n) is 10.1. The van der Waals surface area contributed by atoms with E-state index >= 15 is 0 Å². The van der Waals surface area contributed by atoms with E-state index in [1.807, 2.05) is 0 Å². The number of fused-ring (bicyclic) bond motifs is 1. The second-order valence-corrected chi connectivity index (χ2v) is 10.5. The summed E-state index contributed by atoms with van der Waals surface area (Å²) in [4.78, 5) is 38.1. The van der Waals surface area contributed by atoms with E-state index in [-0.39, 0.29) is 29.6 Å². The molecule has 0 saturated heterocycles. The number of carbonyl (C=O) groups excluding carboxylic acids is 3. The molecule has 1 unspecified atom stereocenters. The van der Waals surface area contributed by atoms with E-state index in [2.05, 4.69) is 0 Å². The first-order valence-corrected chi connectivity index (χ1v) is 12.8. The van der Waals surface area contributed by atoms with E-state index in [0.29, 0.717) is 15.7 Å². The number of thioether (sulfide) groups is 1. The normalized spacial score (nSPS) is 14.9. The number of esters is 1. The number of benzene rings is 2. The molecule has 11 heteroatoms. The predicted octanol–water partition coefficient (Wildman–Crippen LogP) is 3.95. The van der Waals surface area contributed by atoms with Crippen LogP contribution in [0.4, 0.5) is 4.79 Å². The number of rotatable bonds is 8. The number of hydrogen-bond donors (Lipinski definition) is 0. The fourth-order valence-electron chi connectivity index (χ4n) is 3.19. The van der Waals surface area contributed by atoms with E-state index in [1.54, 1.807) is 25.1 Å². The van der Waals surface area contributed by atoms with Gasteiger partial charge in [-0.1, -0.05) is 17.7 Å². The molecule has 2 aromatic rings. The molecule has 1 aliphatic rings. The van der Waals surface area contributed by atoms with Crippen LogP contribution in [0.15, 0.2) is 52.3 Å². The van der Waals surface area contributed by atoms with Crippen molar-refractivity contribution in [3.8, 4) is 0 Å². The average Bonchev–Trinajstić information content (AvgIpc) is 3.21. The highest BCUT2D eigenvalue weighted by molar-refractivity contribution is 8.01. The lowest BCUT2D eigenvalue weighted by Gasteiger charge is -2.21. The van der Waals surface area contributed by atoms with Gasteiger partial charge in [0.1, 0.15) is 11.8 Å². The summed E-state index contributed by atoms with van der Waals surface area (Å²) in [5, 5.41) is -0.0727. The molecule has 1 heterocycles. The number of Topliss-reactive ketones (excluding diaryl/α,β-unsaturated/α-hetero) is 1. The van der Waals surface area contributed by atoms with Crippen LogP contribution in [0.3, 0.4) is 0 Å². The van der Waals surface area contributed by atoms with Crippen molar-refractivity contribution in [1.29, 1.82) is 0 Å². The minimum absolute atomic E-state index is 0.0645. The smallest absolute Gasteiger partial charge is 0.424 e. The fourth-order valence-corrected chi connectivity index (χ4v) is 5.76. The zero-order valence-electron chi connectivity index (χ0n) is 17.9. The van der Waals surface area contributed by atoms with Crippen LogP contribution in [0, 0.1) is 0 Å². The van der Waals surface area contributed by atoms with Gasteiger partial charge in [0.2, 0.25) is 0 Å². The van der Waals surface area contributed by atoms with Crippen molar-refractivity contribution in [2.75, 3.05) is 19.8 Å². The van der Waals surface area contributed by atoms with Gasteiger partial charge in [-0.25, -0.2) is 13.2 Å². The Morgan fingerprint density at radius 3 is 2.36 bits per heavy atom. The van der Waals surface area contributed by atoms with Crippen molar-refractivity contribution in [1.82, 2.24) is 4.31 Å². The first kappa shape index (κ1) is 25.1. The molecule has 0 aliphatic carbocycles. The number of nitrogens with zero attached hydrogens (tertiary/aromatic N) is 1. The first-order chi connectivity index (χ1) is 15.7. The van der Waals surface area contributed by atoms with Crippen LogP contribution in [0.1, 0.15) is 29.8 Å². The van der Waals surface area contributed by atoms with Gasteiger partial charge in [-0.2, -0.15) is 4.31 Å². The van der Waals surface area contributed by atoms with E-state index in [0.717, 1.165) is 10.5 Å². The molecule has 0 bridgehead atoms. The zero-order valence-corrected chi connectivity index (χ0v) is 20.3. The number of carbonyl (C=O) groups is 3. The molecule has 1 atom stereocenters. The monoisotopic (exact) mass is 511 g/mol. The van der Waals surface area contributed by atoms with Gasteiger partial charge in [0, 0.05) is 15.5 Å². The molecule has 0 N–H and O–H groups in total. The molecule has 0 spiro atoms. The van der Waals surface area contributed by atoms with Gasteiger partial charge in [-0.3, -0.25) is 9.59 Å². The van der Waals surface area contributed by atoms with E-state index in [1.165, 1.54) is 43.0 Å². The lowest BCUT2D eigenvalue weighted by molar-refractivity contribution is -0.142. The highest BCUT2D eigenvalue weighted by Gasteiger charge is 2.34. The predicted molar refractivity (Wildman–Crippen MR) is 123 cm³/mol. The van der Waals surface area contributed by atoms with Crippen molar-refractivity contribution < 1.29 is 32.3 Å². The Kier molecular flexibility index (Phi) is 8.04. The molecule has 0 radical (unpaired) electrons. The molecule has 0 aromatic heterocycles. The summed E-state index contributed by atoms with van der Waals surface area (Å²) in [7, 11) is -4.37. The number of hydrogen-bond acceptors (Lipinski definition) is 8. The Hall–Kier alpha value is -2.56. The Morgan fingerprint density at radius 2 is 1.73 bits per heavy atom. The Bertz CT molecular complexity index is 1170. The molecule has 8 nitrogen and oxygen atoms in total. The van der Waals surface area contributed by atoms with Crippen LogP contribution in [0.25, 0.3) is 0 Å². The summed E-state index contributed by atoms with van der Waals surface area (Å²) in [6.45, 7) is 2.74. The minimum Gasteiger partial charge on any atom is -0.465 e. The van der Waals surface area contributed by atoms with Crippen LogP contribution in [0.2, 0.25) is 5.02 Å². The maximum absolute atomic E-state index is 13.1. The third-order valence-electron chi connectivity index (χ3n) is 4.77. The van der Waals surface area contributed by atoms with Gasteiger partial charge in [0.25, 0.3) is 10.0 Å². The largest absolute Gasteiger partial charge is 0.465 e. The lowest BCUT2D eigenvalue weighted by Crippen LogP contribution is -2.41. The molecule has 1 amide bonds. The number of ether oxygens (including phenoxy) is 2. The standard InChI is InChI=1S/C22H22ClNO7S2/c1-3-30-21(26)20-12-15-11-14(5-10-19(15)32-20)18(25)13-24(22(27)31-4-2)33(28,29)17-8-6-16(23)7-9-17/h5-11,20H,3-4,12-13H2,1-2H3. The van der Waals surface area contributed by atoms with Crippen molar-refractivity contribution in [2.24, 2.45) is 0 Å². The van der Waals surface area contributed by atoms with Gasteiger partial charge in [0.15, 0.2) is 5.78 Å². The Labute approximate surface area is 201 Å². The van der Waals surface area contributed by atoms with Gasteiger partial charge in [-0.15, -0.1) is 11.8 Å². The fraction of sp³-hybridized carbons (Fsp3) is 0.318. The lowest BCUT2D eigenvalue weighted by atomic mass is 10.0. The Balaban J connectivity index is 1.84. The number of amides is 1. The molecule has 0 fully saturated rings. The summed E-state index contributed by atoms with van der Waals surface area (Å²) in [5.41, 5.74) is 1.01. The summed E-state index contributed by atoms with van der Waals surface area (Å²) in [5.74, 6) is -0.915. The molecule has 1 aliphatic heterocycles. The second kappa shape index (κ2) is 10.6. The highest BCUT2D eigenvalue weighted by Crippen LogP contribution is 2.38. The molecule has 176 valence electrons. The summed E-state index contributed by atoms with van der Waals surface area (Å²) in [6.07, 6.45) is -0.759. The van der Waals surface area contributed by atoms with Gasteiger partial charge < -0.3 is 9.47 Å².